The van der Waals surface area contributed by atoms with Crippen LogP contribution in [0.2, 0.25) is 0 Å². The number of rotatable bonds is 6. The lowest BCUT2D eigenvalue weighted by atomic mass is 9.99. The predicted octanol–water partition coefficient (Wildman–Crippen LogP) is 4.04. The molecule has 1 fully saturated rings. The van der Waals surface area contributed by atoms with E-state index in [4.69, 9.17) is 0 Å². The number of carbonyl (C=O) groups excluding carboxylic acids is 1. The van der Waals surface area contributed by atoms with Crippen LogP contribution in [0, 0.1) is 18.7 Å². The largest absolute Gasteiger partial charge is 0.316 e. The van der Waals surface area contributed by atoms with Gasteiger partial charge in [-0.3, -0.25) is 4.79 Å². The quantitative estimate of drug-likeness (QED) is 0.505. The topological polar surface area (TPSA) is 71.7 Å². The van der Waals surface area contributed by atoms with Crippen molar-refractivity contribution >= 4 is 49.2 Å². The second-order valence-electron chi connectivity index (χ2n) is 8.11. The minimum Gasteiger partial charge on any atom is -0.316 e. The second kappa shape index (κ2) is 10.1. The summed E-state index contributed by atoms with van der Waals surface area (Å²) in [5, 5.41) is 0. The first kappa shape index (κ1) is 24.1. The van der Waals surface area contributed by atoms with E-state index in [1.54, 1.807) is 11.8 Å². The lowest BCUT2D eigenvalue weighted by molar-refractivity contribution is -0.122. The van der Waals surface area contributed by atoms with Gasteiger partial charge in [0, 0.05) is 25.4 Å². The standard InChI is InChI=1S/C23H26FN3O3S3/c1-16-5-10-20-21(14-16)32-23(27(20)12-13-31-2)25-22(28)17-4-3-11-26(15-17)33(29,30)19-8-6-18(24)7-9-19/h5-10,14,17H,3-4,11-13,15H2,1-2H3. The van der Waals surface area contributed by atoms with Gasteiger partial charge in [-0.15, -0.1) is 0 Å². The number of fused-ring (bicyclic) bond motifs is 1. The molecule has 2 aromatic carbocycles. The molecular weight excluding hydrogens is 481 g/mol. The van der Waals surface area contributed by atoms with E-state index in [0.717, 1.165) is 40.2 Å². The van der Waals surface area contributed by atoms with Crippen molar-refractivity contribution in [3.8, 4) is 0 Å². The number of aryl methyl sites for hydroxylation is 2. The van der Waals surface area contributed by atoms with E-state index in [9.17, 15) is 17.6 Å². The van der Waals surface area contributed by atoms with Gasteiger partial charge in [0.25, 0.3) is 5.91 Å². The fraction of sp³-hybridized carbons (Fsp3) is 0.391. The van der Waals surface area contributed by atoms with Crippen LogP contribution in [-0.2, 0) is 21.4 Å². The average molecular weight is 508 g/mol. The van der Waals surface area contributed by atoms with Crippen molar-refractivity contribution < 1.29 is 17.6 Å². The molecule has 1 aromatic heterocycles. The summed E-state index contributed by atoms with van der Waals surface area (Å²) in [7, 11) is -3.80. The highest BCUT2D eigenvalue weighted by Gasteiger charge is 2.33. The van der Waals surface area contributed by atoms with Gasteiger partial charge in [-0.1, -0.05) is 17.4 Å². The summed E-state index contributed by atoms with van der Waals surface area (Å²) in [5.41, 5.74) is 2.20. The zero-order chi connectivity index (χ0) is 23.6. The fourth-order valence-electron chi connectivity index (χ4n) is 3.97. The highest BCUT2D eigenvalue weighted by atomic mass is 32.2. The molecular formula is C23H26FN3O3S3. The van der Waals surface area contributed by atoms with Gasteiger partial charge in [-0.05, 0) is 68.0 Å². The number of carbonyl (C=O) groups is 1. The number of thioether (sulfide) groups is 1. The van der Waals surface area contributed by atoms with Gasteiger partial charge in [-0.25, -0.2) is 12.8 Å². The van der Waals surface area contributed by atoms with E-state index in [2.05, 4.69) is 27.8 Å². The molecule has 4 rings (SSSR count). The van der Waals surface area contributed by atoms with Gasteiger partial charge in [0.05, 0.1) is 21.0 Å². The Morgan fingerprint density at radius 3 is 2.73 bits per heavy atom. The molecule has 1 aliphatic rings. The summed E-state index contributed by atoms with van der Waals surface area (Å²) in [6, 6.07) is 11.0. The number of aromatic nitrogens is 1. The normalized spacial score (nSPS) is 18.2. The van der Waals surface area contributed by atoms with Crippen molar-refractivity contribution in [1.82, 2.24) is 8.87 Å². The minimum atomic E-state index is -3.80. The molecule has 0 aliphatic carbocycles. The Bertz CT molecular complexity index is 1330. The smallest absolute Gasteiger partial charge is 0.252 e. The number of hydrogen-bond donors (Lipinski definition) is 0. The van der Waals surface area contributed by atoms with Crippen LogP contribution < -0.4 is 4.80 Å². The van der Waals surface area contributed by atoms with E-state index in [1.807, 2.05) is 13.2 Å². The third-order valence-electron chi connectivity index (χ3n) is 5.75. The highest BCUT2D eigenvalue weighted by molar-refractivity contribution is 7.98. The number of thiazole rings is 1. The van der Waals surface area contributed by atoms with Gasteiger partial charge in [0.1, 0.15) is 5.82 Å². The fourth-order valence-corrected chi connectivity index (χ4v) is 7.02. The molecule has 3 aromatic rings. The van der Waals surface area contributed by atoms with Crippen molar-refractivity contribution in [1.29, 1.82) is 0 Å². The molecule has 2 heterocycles. The number of hydrogen-bond acceptors (Lipinski definition) is 5. The predicted molar refractivity (Wildman–Crippen MR) is 131 cm³/mol. The first-order valence-electron chi connectivity index (χ1n) is 10.7. The number of sulfonamides is 1. The Kier molecular flexibility index (Phi) is 7.37. The third-order valence-corrected chi connectivity index (χ3v) is 9.26. The zero-order valence-corrected chi connectivity index (χ0v) is 21.0. The Morgan fingerprint density at radius 1 is 1.24 bits per heavy atom. The number of halogens is 1. The lowest BCUT2D eigenvalue weighted by Crippen LogP contribution is -2.42. The van der Waals surface area contributed by atoms with Gasteiger partial charge >= 0.3 is 0 Å². The van der Waals surface area contributed by atoms with Crippen LogP contribution in [0.25, 0.3) is 10.2 Å². The molecule has 10 heteroatoms. The summed E-state index contributed by atoms with van der Waals surface area (Å²) in [6.45, 7) is 3.19. The Labute approximate surface area is 201 Å². The van der Waals surface area contributed by atoms with Crippen molar-refractivity contribution in [2.45, 2.75) is 31.2 Å². The van der Waals surface area contributed by atoms with Gasteiger partial charge in [0.2, 0.25) is 10.0 Å². The summed E-state index contributed by atoms with van der Waals surface area (Å²) >= 11 is 3.21. The molecule has 1 aliphatic heterocycles. The zero-order valence-electron chi connectivity index (χ0n) is 18.5. The van der Waals surface area contributed by atoms with Crippen molar-refractivity contribution in [3.63, 3.8) is 0 Å². The van der Waals surface area contributed by atoms with Crippen LogP contribution in [0.4, 0.5) is 4.39 Å². The molecule has 1 saturated heterocycles. The van der Waals surface area contributed by atoms with Crippen LogP contribution in [0.5, 0.6) is 0 Å². The van der Waals surface area contributed by atoms with Crippen LogP contribution >= 0.6 is 23.1 Å². The summed E-state index contributed by atoms with van der Waals surface area (Å²) in [5.74, 6) is -0.397. The van der Waals surface area contributed by atoms with Crippen LogP contribution in [0.1, 0.15) is 18.4 Å². The molecule has 0 saturated carbocycles. The SMILES string of the molecule is CSCCn1c(=NC(=O)C2CCCN(S(=O)(=O)c3ccc(F)cc3)C2)sc2cc(C)ccc21. The minimum absolute atomic E-state index is 0.0312. The molecule has 176 valence electrons. The van der Waals surface area contributed by atoms with Gasteiger partial charge in [-0.2, -0.15) is 21.1 Å². The number of benzene rings is 2. The first-order valence-corrected chi connectivity index (χ1v) is 14.4. The molecule has 1 unspecified atom stereocenters. The second-order valence-corrected chi connectivity index (χ2v) is 12.0. The molecule has 6 nitrogen and oxygen atoms in total. The first-order chi connectivity index (χ1) is 15.8. The molecule has 0 radical (unpaired) electrons. The number of piperidine rings is 1. The van der Waals surface area contributed by atoms with Gasteiger partial charge in [0.15, 0.2) is 4.80 Å². The van der Waals surface area contributed by atoms with E-state index < -0.39 is 21.8 Å². The Balaban J connectivity index is 1.62. The molecule has 0 spiro atoms. The molecule has 0 bridgehead atoms. The van der Waals surface area contributed by atoms with E-state index in [-0.39, 0.29) is 17.3 Å². The van der Waals surface area contributed by atoms with E-state index in [1.165, 1.54) is 27.8 Å². The summed E-state index contributed by atoms with van der Waals surface area (Å²) < 4.78 is 43.7. The Morgan fingerprint density at radius 2 is 2.00 bits per heavy atom. The van der Waals surface area contributed by atoms with Crippen LogP contribution in [0.3, 0.4) is 0 Å². The third kappa shape index (κ3) is 5.24. The van der Waals surface area contributed by atoms with E-state index >= 15 is 0 Å². The monoisotopic (exact) mass is 507 g/mol. The number of amides is 1. The van der Waals surface area contributed by atoms with Crippen LogP contribution in [0.15, 0.2) is 52.4 Å². The average Bonchev–Trinajstić information content (AvgIpc) is 3.13. The molecule has 33 heavy (non-hydrogen) atoms. The van der Waals surface area contributed by atoms with Crippen LogP contribution in [-0.4, -0.2) is 48.3 Å². The Hall–Kier alpha value is -2.01. The summed E-state index contributed by atoms with van der Waals surface area (Å²) in [6.07, 6.45) is 3.20. The van der Waals surface area contributed by atoms with Crippen molar-refractivity contribution in [3.05, 3.63) is 58.6 Å². The van der Waals surface area contributed by atoms with Crippen molar-refractivity contribution in [2.75, 3.05) is 25.1 Å². The molecule has 1 atom stereocenters. The summed E-state index contributed by atoms with van der Waals surface area (Å²) in [4.78, 5) is 18.3. The molecule has 1 amide bonds. The molecule has 0 N–H and O–H groups in total. The van der Waals surface area contributed by atoms with Gasteiger partial charge < -0.3 is 4.57 Å². The maximum absolute atomic E-state index is 13.2. The van der Waals surface area contributed by atoms with E-state index in [0.29, 0.717) is 24.2 Å². The van der Waals surface area contributed by atoms with Crippen molar-refractivity contribution in [2.24, 2.45) is 10.9 Å². The maximum Gasteiger partial charge on any atom is 0.252 e. The maximum atomic E-state index is 13.2. The lowest BCUT2D eigenvalue weighted by Gasteiger charge is -2.30. The highest BCUT2D eigenvalue weighted by Crippen LogP contribution is 2.25. The number of nitrogens with zero attached hydrogens (tertiary/aromatic N) is 3.